The lowest BCUT2D eigenvalue weighted by molar-refractivity contribution is -0.138. The van der Waals surface area contributed by atoms with Crippen molar-refractivity contribution in [2.24, 2.45) is 5.92 Å². The summed E-state index contributed by atoms with van der Waals surface area (Å²) in [4.78, 5) is 28.4. The van der Waals surface area contributed by atoms with Crippen LogP contribution in [0.5, 0.6) is 0 Å². The first-order valence-electron chi connectivity index (χ1n) is 6.77. The van der Waals surface area contributed by atoms with Crippen LogP contribution >= 0.6 is 0 Å². The Hall–Kier alpha value is -2.05. The van der Waals surface area contributed by atoms with Crippen molar-refractivity contribution >= 4 is 12.0 Å². The highest BCUT2D eigenvalue weighted by Crippen LogP contribution is 2.19. The second kappa shape index (κ2) is 6.40. The fourth-order valence-electron chi connectivity index (χ4n) is 2.49. The van der Waals surface area contributed by atoms with Crippen LogP contribution in [0.15, 0.2) is 18.7 Å². The standard InChI is InChI=1S/C13H20N4O3/c1-10(7-16-5-3-14-9-16)15-13(20)17-4-2-11(8-17)6-12(18)19/h3,5,9-11H,2,4,6-8H2,1H3,(H,15,20)(H,18,19). The van der Waals surface area contributed by atoms with Crippen LogP contribution in [0, 0.1) is 5.92 Å². The number of carboxylic acid groups (broad SMARTS) is 1. The molecule has 1 fully saturated rings. The molecule has 0 bridgehead atoms. The molecule has 2 rings (SSSR count). The van der Waals surface area contributed by atoms with Crippen LogP contribution in [0.25, 0.3) is 0 Å². The van der Waals surface area contributed by atoms with Gasteiger partial charge in [0, 0.05) is 44.5 Å². The maximum atomic E-state index is 12.1. The Morgan fingerprint density at radius 3 is 3.00 bits per heavy atom. The zero-order valence-corrected chi connectivity index (χ0v) is 11.5. The summed E-state index contributed by atoms with van der Waals surface area (Å²) >= 11 is 0. The van der Waals surface area contributed by atoms with Crippen LogP contribution in [-0.4, -0.2) is 50.7 Å². The van der Waals surface area contributed by atoms with Gasteiger partial charge in [0.05, 0.1) is 6.33 Å². The highest BCUT2D eigenvalue weighted by Gasteiger charge is 2.28. The number of amides is 2. The summed E-state index contributed by atoms with van der Waals surface area (Å²) in [5.41, 5.74) is 0. The molecule has 2 amide bonds. The molecule has 0 aliphatic carbocycles. The van der Waals surface area contributed by atoms with Crippen molar-refractivity contribution in [2.75, 3.05) is 13.1 Å². The number of aromatic nitrogens is 2. The van der Waals surface area contributed by atoms with Gasteiger partial charge in [-0.25, -0.2) is 9.78 Å². The van der Waals surface area contributed by atoms with Gasteiger partial charge < -0.3 is 19.9 Å². The second-order valence-electron chi connectivity index (χ2n) is 5.31. The molecule has 0 spiro atoms. The van der Waals surface area contributed by atoms with Crippen LogP contribution in [0.2, 0.25) is 0 Å². The minimum atomic E-state index is -0.800. The van der Waals surface area contributed by atoms with Crippen LogP contribution in [0.1, 0.15) is 19.8 Å². The van der Waals surface area contributed by atoms with Crippen LogP contribution in [0.3, 0.4) is 0 Å². The van der Waals surface area contributed by atoms with Gasteiger partial charge in [0.1, 0.15) is 0 Å². The van der Waals surface area contributed by atoms with E-state index < -0.39 is 5.97 Å². The zero-order chi connectivity index (χ0) is 14.5. The molecule has 7 heteroatoms. The van der Waals surface area contributed by atoms with Crippen molar-refractivity contribution in [3.8, 4) is 0 Å². The maximum absolute atomic E-state index is 12.1. The Morgan fingerprint density at radius 1 is 1.55 bits per heavy atom. The molecule has 2 N–H and O–H groups in total. The predicted octanol–water partition coefficient (Wildman–Crippen LogP) is 0.778. The average Bonchev–Trinajstić information content (AvgIpc) is 2.99. The van der Waals surface area contributed by atoms with E-state index in [2.05, 4.69) is 10.3 Å². The van der Waals surface area contributed by atoms with Gasteiger partial charge in [-0.2, -0.15) is 0 Å². The number of urea groups is 1. The molecule has 0 radical (unpaired) electrons. The molecular weight excluding hydrogens is 260 g/mol. The van der Waals surface area contributed by atoms with E-state index in [9.17, 15) is 9.59 Å². The summed E-state index contributed by atoms with van der Waals surface area (Å²) in [5.74, 6) is -0.729. The molecule has 0 aromatic carbocycles. The van der Waals surface area contributed by atoms with E-state index >= 15 is 0 Å². The van der Waals surface area contributed by atoms with E-state index in [4.69, 9.17) is 5.11 Å². The first-order valence-corrected chi connectivity index (χ1v) is 6.77. The van der Waals surface area contributed by atoms with Crippen molar-refractivity contribution < 1.29 is 14.7 Å². The van der Waals surface area contributed by atoms with Gasteiger partial charge in [-0.05, 0) is 19.3 Å². The second-order valence-corrected chi connectivity index (χ2v) is 5.31. The molecule has 1 aliphatic rings. The molecule has 7 nitrogen and oxygen atoms in total. The number of hydrogen-bond acceptors (Lipinski definition) is 3. The molecule has 1 saturated heterocycles. The van der Waals surface area contributed by atoms with Gasteiger partial charge in [0.25, 0.3) is 0 Å². The largest absolute Gasteiger partial charge is 0.481 e. The number of carbonyl (C=O) groups is 2. The monoisotopic (exact) mass is 280 g/mol. The van der Waals surface area contributed by atoms with Gasteiger partial charge >= 0.3 is 12.0 Å². The Bertz CT molecular complexity index is 460. The first kappa shape index (κ1) is 14.4. The van der Waals surface area contributed by atoms with E-state index in [1.807, 2.05) is 17.7 Å². The number of carboxylic acids is 1. The van der Waals surface area contributed by atoms with Crippen molar-refractivity contribution in [1.82, 2.24) is 19.8 Å². The minimum Gasteiger partial charge on any atom is -0.481 e. The average molecular weight is 280 g/mol. The minimum absolute atomic E-state index is 0.00442. The van der Waals surface area contributed by atoms with Crippen LogP contribution < -0.4 is 5.32 Å². The Morgan fingerprint density at radius 2 is 2.35 bits per heavy atom. The number of imidazole rings is 1. The normalized spacial score (nSPS) is 19.9. The third kappa shape index (κ3) is 3.97. The van der Waals surface area contributed by atoms with Crippen molar-refractivity contribution in [3.63, 3.8) is 0 Å². The van der Waals surface area contributed by atoms with E-state index in [1.165, 1.54) is 0 Å². The fraction of sp³-hybridized carbons (Fsp3) is 0.615. The van der Waals surface area contributed by atoms with Gasteiger partial charge in [0.2, 0.25) is 0 Å². The van der Waals surface area contributed by atoms with E-state index in [0.29, 0.717) is 19.6 Å². The number of likely N-dealkylation sites (tertiary alicyclic amines) is 1. The topological polar surface area (TPSA) is 87.5 Å². The van der Waals surface area contributed by atoms with Gasteiger partial charge in [-0.3, -0.25) is 4.79 Å². The Labute approximate surface area is 117 Å². The first-order chi connectivity index (χ1) is 9.54. The smallest absolute Gasteiger partial charge is 0.317 e. The Balaban J connectivity index is 1.76. The number of rotatable bonds is 5. The maximum Gasteiger partial charge on any atom is 0.317 e. The number of hydrogen-bond donors (Lipinski definition) is 2. The molecule has 1 aromatic rings. The van der Waals surface area contributed by atoms with Gasteiger partial charge in [-0.15, -0.1) is 0 Å². The SMILES string of the molecule is CC(Cn1ccnc1)NC(=O)N1CCC(CC(=O)O)C1. The van der Waals surface area contributed by atoms with Crippen LogP contribution in [0.4, 0.5) is 4.79 Å². The van der Waals surface area contributed by atoms with Gasteiger partial charge in [-0.1, -0.05) is 0 Å². The molecule has 1 aliphatic heterocycles. The van der Waals surface area contributed by atoms with Crippen molar-refractivity contribution in [1.29, 1.82) is 0 Å². The third-order valence-corrected chi connectivity index (χ3v) is 3.45. The predicted molar refractivity (Wildman–Crippen MR) is 72.2 cm³/mol. The summed E-state index contributed by atoms with van der Waals surface area (Å²) in [7, 11) is 0. The van der Waals surface area contributed by atoms with Crippen molar-refractivity contribution in [3.05, 3.63) is 18.7 Å². The number of carbonyl (C=O) groups excluding carboxylic acids is 1. The summed E-state index contributed by atoms with van der Waals surface area (Å²) in [6.07, 6.45) is 6.15. The molecule has 2 heterocycles. The molecule has 1 aromatic heterocycles. The summed E-state index contributed by atoms with van der Waals surface area (Å²) in [5, 5.41) is 11.7. The molecular formula is C13H20N4O3. The molecule has 2 atom stereocenters. The lowest BCUT2D eigenvalue weighted by Crippen LogP contribution is -2.44. The highest BCUT2D eigenvalue weighted by molar-refractivity contribution is 5.75. The number of nitrogens with one attached hydrogen (secondary N) is 1. The lowest BCUT2D eigenvalue weighted by Gasteiger charge is -2.21. The quantitative estimate of drug-likeness (QED) is 0.834. The molecule has 20 heavy (non-hydrogen) atoms. The van der Waals surface area contributed by atoms with Crippen molar-refractivity contribution in [2.45, 2.75) is 32.4 Å². The molecule has 0 saturated carbocycles. The van der Waals surface area contributed by atoms with E-state index in [0.717, 1.165) is 6.42 Å². The van der Waals surface area contributed by atoms with Crippen LogP contribution in [-0.2, 0) is 11.3 Å². The third-order valence-electron chi connectivity index (χ3n) is 3.45. The summed E-state index contributed by atoms with van der Waals surface area (Å²) < 4.78 is 1.90. The molecule has 110 valence electrons. The number of aliphatic carboxylic acids is 1. The van der Waals surface area contributed by atoms with Gasteiger partial charge in [0.15, 0.2) is 0 Å². The lowest BCUT2D eigenvalue weighted by atomic mass is 10.1. The highest BCUT2D eigenvalue weighted by atomic mass is 16.4. The molecule has 2 unspecified atom stereocenters. The zero-order valence-electron chi connectivity index (χ0n) is 11.5. The summed E-state index contributed by atoms with van der Waals surface area (Å²) in [6, 6.07) is -0.124. The Kier molecular flexibility index (Phi) is 4.60. The van der Waals surface area contributed by atoms with E-state index in [-0.39, 0.29) is 24.4 Å². The summed E-state index contributed by atoms with van der Waals surface area (Å²) in [6.45, 7) is 3.75. The van der Waals surface area contributed by atoms with E-state index in [1.54, 1.807) is 17.4 Å². The fourth-order valence-corrected chi connectivity index (χ4v) is 2.49. The number of nitrogens with zero attached hydrogens (tertiary/aromatic N) is 3.